The molecule has 0 amide bonds. The normalized spacial score (nSPS) is 14.4. The van der Waals surface area contributed by atoms with E-state index in [-0.39, 0.29) is 25.7 Å². The van der Waals surface area contributed by atoms with E-state index in [1.54, 1.807) is 0 Å². The number of phosphoric ester groups is 2. The molecule has 17 nitrogen and oxygen atoms in total. The quantitative estimate of drug-likeness (QED) is 0.0222. The van der Waals surface area contributed by atoms with Gasteiger partial charge in [-0.2, -0.15) is 0 Å². The fourth-order valence-electron chi connectivity index (χ4n) is 13.3. The predicted molar refractivity (Wildman–Crippen MR) is 432 cm³/mol. The summed E-state index contributed by atoms with van der Waals surface area (Å²) in [6.45, 7) is 12.1. The van der Waals surface area contributed by atoms with Crippen LogP contribution in [0.2, 0.25) is 0 Å². The summed E-state index contributed by atoms with van der Waals surface area (Å²) in [6, 6.07) is 0. The molecule has 0 saturated heterocycles. The van der Waals surface area contributed by atoms with E-state index in [1.165, 1.54) is 263 Å². The van der Waals surface area contributed by atoms with Crippen molar-refractivity contribution in [3.05, 3.63) is 0 Å². The highest BCUT2D eigenvalue weighted by atomic mass is 31.2. The van der Waals surface area contributed by atoms with Gasteiger partial charge in [0, 0.05) is 25.7 Å². The number of aliphatic hydroxyl groups is 1. The molecule has 19 heteroatoms. The number of carbonyl (C=O) groups excluding carboxylic acids is 4. The Hall–Kier alpha value is -1.94. The topological polar surface area (TPSA) is 237 Å². The number of hydrogen-bond donors (Lipinski definition) is 3. The van der Waals surface area contributed by atoms with E-state index in [0.29, 0.717) is 25.7 Å². The number of hydrogen-bond acceptors (Lipinski definition) is 15. The first kappa shape index (κ1) is 103. The summed E-state index contributed by atoms with van der Waals surface area (Å²) in [6.07, 6.45) is 66.6. The third kappa shape index (κ3) is 77.2. The van der Waals surface area contributed by atoms with Crippen molar-refractivity contribution in [1.82, 2.24) is 0 Å². The van der Waals surface area contributed by atoms with Gasteiger partial charge in [-0.05, 0) is 43.4 Å². The molecule has 0 saturated carbocycles. The van der Waals surface area contributed by atoms with Crippen molar-refractivity contribution in [1.29, 1.82) is 0 Å². The zero-order valence-corrected chi connectivity index (χ0v) is 71.0. The van der Waals surface area contributed by atoms with E-state index in [2.05, 4.69) is 48.5 Å². The Bertz CT molecular complexity index is 2030. The second kappa shape index (κ2) is 76.1. The summed E-state index contributed by atoms with van der Waals surface area (Å²) in [5.41, 5.74) is 0. The number of carbonyl (C=O) groups is 4. The molecule has 0 rings (SSSR count). The fourth-order valence-corrected chi connectivity index (χ4v) is 14.9. The molecular formula is C86H168O17P2. The summed E-state index contributed by atoms with van der Waals surface area (Å²) in [5, 5.41) is 10.7. The Morgan fingerprint density at radius 1 is 0.276 bits per heavy atom. The fraction of sp³-hybridized carbons (Fsp3) is 0.953. The Morgan fingerprint density at radius 3 is 0.724 bits per heavy atom. The van der Waals surface area contributed by atoms with Crippen LogP contribution >= 0.6 is 15.6 Å². The van der Waals surface area contributed by atoms with Crippen LogP contribution in [0.3, 0.4) is 0 Å². The molecular weight excluding hydrogens is 1370 g/mol. The molecule has 0 bridgehead atoms. The van der Waals surface area contributed by atoms with Crippen LogP contribution in [0.1, 0.15) is 453 Å². The Balaban J connectivity index is 5.23. The molecule has 0 heterocycles. The number of rotatable bonds is 84. The summed E-state index contributed by atoms with van der Waals surface area (Å²) >= 11 is 0. The van der Waals surface area contributed by atoms with E-state index in [1.807, 2.05) is 0 Å². The van der Waals surface area contributed by atoms with Crippen molar-refractivity contribution in [2.24, 2.45) is 17.8 Å². The van der Waals surface area contributed by atoms with E-state index in [0.717, 1.165) is 108 Å². The summed E-state index contributed by atoms with van der Waals surface area (Å²) in [5.74, 6) is 0.348. The van der Waals surface area contributed by atoms with Gasteiger partial charge < -0.3 is 33.8 Å². The van der Waals surface area contributed by atoms with E-state index >= 15 is 0 Å². The van der Waals surface area contributed by atoms with Gasteiger partial charge in [-0.25, -0.2) is 9.13 Å². The second-order valence-corrected chi connectivity index (χ2v) is 34.8. The Morgan fingerprint density at radius 2 is 0.486 bits per heavy atom. The number of aliphatic hydroxyl groups excluding tert-OH is 1. The Kier molecular flexibility index (Phi) is 74.7. The lowest BCUT2D eigenvalue weighted by molar-refractivity contribution is -0.161. The van der Waals surface area contributed by atoms with Gasteiger partial charge in [0.15, 0.2) is 12.2 Å². The molecule has 105 heavy (non-hydrogen) atoms. The average molecular weight is 1540 g/mol. The van der Waals surface area contributed by atoms with Gasteiger partial charge in [0.25, 0.3) is 0 Å². The highest BCUT2D eigenvalue weighted by Crippen LogP contribution is 2.45. The van der Waals surface area contributed by atoms with E-state index in [9.17, 15) is 43.2 Å². The zero-order valence-electron chi connectivity index (χ0n) is 69.2. The van der Waals surface area contributed by atoms with Crippen LogP contribution in [-0.2, 0) is 65.4 Å². The van der Waals surface area contributed by atoms with Crippen LogP contribution in [-0.4, -0.2) is 96.7 Å². The van der Waals surface area contributed by atoms with Crippen LogP contribution < -0.4 is 0 Å². The molecule has 0 aromatic rings. The number of esters is 4. The molecule has 624 valence electrons. The first-order valence-electron chi connectivity index (χ1n) is 44.4. The van der Waals surface area contributed by atoms with Gasteiger partial charge in [-0.3, -0.25) is 37.3 Å². The molecule has 0 aliphatic heterocycles. The van der Waals surface area contributed by atoms with Gasteiger partial charge >= 0.3 is 39.5 Å². The number of phosphoric acid groups is 2. The number of ether oxygens (including phenoxy) is 4. The van der Waals surface area contributed by atoms with Crippen LogP contribution in [0.25, 0.3) is 0 Å². The lowest BCUT2D eigenvalue weighted by atomic mass is 9.99. The minimum absolute atomic E-state index is 0.105. The van der Waals surface area contributed by atoms with E-state index < -0.39 is 97.5 Å². The zero-order chi connectivity index (χ0) is 77.2. The van der Waals surface area contributed by atoms with Gasteiger partial charge in [-0.1, -0.05) is 402 Å². The lowest BCUT2D eigenvalue weighted by Gasteiger charge is -2.21. The standard InChI is InChI=1S/C86H168O17P2/c1-8-11-12-13-14-15-16-33-38-46-53-60-67-83(88)97-74-82(103-86(91)70-63-56-49-42-41-45-52-59-66-79(7)10-3)76-101-105(94,95)99-72-80(87)71-98-104(92,93)100-75-81(73-96-84(89)68-61-54-47-39-34-29-25-22-21-23-27-31-36-43-50-57-64-77(4)5)102-85(90)69-62-55-48-40-35-30-26-20-18-17-19-24-28-32-37-44-51-58-65-78(6)9-2/h77-82,87H,8-76H2,1-7H3,(H,92,93)(H,94,95)/t78?,79?,80-,81-,82-/m1/s1. The van der Waals surface area contributed by atoms with E-state index in [4.69, 9.17) is 37.0 Å². The summed E-state index contributed by atoms with van der Waals surface area (Å²) in [4.78, 5) is 73.2. The molecule has 0 aromatic carbocycles. The maximum atomic E-state index is 13.1. The monoisotopic (exact) mass is 1540 g/mol. The molecule has 0 aliphatic carbocycles. The third-order valence-electron chi connectivity index (χ3n) is 20.9. The van der Waals surface area contributed by atoms with Crippen LogP contribution in [0.5, 0.6) is 0 Å². The maximum Gasteiger partial charge on any atom is 0.472 e. The largest absolute Gasteiger partial charge is 0.472 e. The highest BCUT2D eigenvalue weighted by Gasteiger charge is 2.30. The van der Waals surface area contributed by atoms with Crippen molar-refractivity contribution in [3.8, 4) is 0 Å². The van der Waals surface area contributed by atoms with Crippen LogP contribution in [0.4, 0.5) is 0 Å². The van der Waals surface area contributed by atoms with Gasteiger partial charge in [0.05, 0.1) is 26.4 Å². The molecule has 4 unspecified atom stereocenters. The van der Waals surface area contributed by atoms with Gasteiger partial charge in [-0.15, -0.1) is 0 Å². The van der Waals surface area contributed by atoms with Crippen molar-refractivity contribution < 1.29 is 80.2 Å². The average Bonchev–Trinajstić information content (AvgIpc) is 0.945. The van der Waals surface area contributed by atoms with Crippen LogP contribution in [0.15, 0.2) is 0 Å². The Labute approximate surface area is 645 Å². The first-order chi connectivity index (χ1) is 50.8. The first-order valence-corrected chi connectivity index (χ1v) is 47.4. The minimum Gasteiger partial charge on any atom is -0.462 e. The smallest absolute Gasteiger partial charge is 0.462 e. The lowest BCUT2D eigenvalue weighted by Crippen LogP contribution is -2.30. The molecule has 0 spiro atoms. The molecule has 0 fully saturated rings. The summed E-state index contributed by atoms with van der Waals surface area (Å²) in [7, 11) is -9.93. The van der Waals surface area contributed by atoms with Crippen molar-refractivity contribution in [2.45, 2.75) is 471 Å². The predicted octanol–water partition coefficient (Wildman–Crippen LogP) is 26.1. The van der Waals surface area contributed by atoms with Crippen molar-refractivity contribution >= 4 is 39.5 Å². The number of unbranched alkanes of at least 4 members (excludes halogenated alkanes) is 50. The van der Waals surface area contributed by atoms with Crippen molar-refractivity contribution in [3.63, 3.8) is 0 Å². The van der Waals surface area contributed by atoms with Gasteiger partial charge in [0.2, 0.25) is 0 Å². The highest BCUT2D eigenvalue weighted by molar-refractivity contribution is 7.47. The molecule has 0 aromatic heterocycles. The second-order valence-electron chi connectivity index (χ2n) is 31.9. The molecule has 0 aliphatic rings. The summed E-state index contributed by atoms with van der Waals surface area (Å²) < 4.78 is 68.9. The SMILES string of the molecule is CCCCCCCCCCCCCCC(=O)OC[C@H](COP(=O)(O)OC[C@H](O)COP(=O)(O)OC[C@@H](COC(=O)CCCCCCCCCCCCCCCCCCC(C)C)OC(=O)CCCCCCCCCCCCCCCCCCCCC(C)CC)OC(=O)CCCCCCCCCCC(C)CC. The van der Waals surface area contributed by atoms with Crippen LogP contribution in [0, 0.1) is 17.8 Å². The molecule has 7 atom stereocenters. The van der Waals surface area contributed by atoms with Crippen molar-refractivity contribution in [2.75, 3.05) is 39.6 Å². The maximum absolute atomic E-state index is 13.1. The third-order valence-corrected chi connectivity index (χ3v) is 22.8. The van der Waals surface area contributed by atoms with Gasteiger partial charge in [0.1, 0.15) is 19.3 Å². The minimum atomic E-state index is -4.97. The molecule has 0 radical (unpaired) electrons. The molecule has 3 N–H and O–H groups in total.